The number of nitrogens with zero attached hydrogens (tertiary/aromatic N) is 5. The predicted octanol–water partition coefficient (Wildman–Crippen LogP) is 2.20. The normalized spacial score (nSPS) is 14.8. The summed E-state index contributed by atoms with van der Waals surface area (Å²) in [4.78, 5) is 29.5. The maximum absolute atomic E-state index is 11.8. The van der Waals surface area contributed by atoms with Crippen molar-refractivity contribution in [3.63, 3.8) is 0 Å². The van der Waals surface area contributed by atoms with Crippen LogP contribution in [0.15, 0.2) is 24.5 Å². The quantitative estimate of drug-likeness (QED) is 0.843. The molecular formula is C20H28N6O. The Labute approximate surface area is 160 Å². The van der Waals surface area contributed by atoms with Crippen LogP contribution in [0.3, 0.4) is 0 Å². The molecule has 3 heterocycles. The Hall–Kier alpha value is -2.54. The molecule has 1 N–H and O–H groups in total. The summed E-state index contributed by atoms with van der Waals surface area (Å²) in [5.41, 5.74) is 2.99. The van der Waals surface area contributed by atoms with Gasteiger partial charge in [-0.05, 0) is 46.0 Å². The molecule has 3 rings (SSSR count). The standard InChI is InChI=1S/C20H28N6O/c1-14(25(3)4)5-11-22-20-17-8-12-26(15(2)27)13-18(17)23-19(24-20)16-6-9-21-10-7-16/h6-7,9-10,14H,5,8,11-13H2,1-4H3,(H,22,23,24). The van der Waals surface area contributed by atoms with E-state index in [1.807, 2.05) is 17.0 Å². The molecule has 2 aromatic rings. The third-order valence-electron chi connectivity index (χ3n) is 5.19. The van der Waals surface area contributed by atoms with E-state index in [1.54, 1.807) is 19.3 Å². The number of anilines is 1. The number of carbonyl (C=O) groups is 1. The highest BCUT2D eigenvalue weighted by Gasteiger charge is 2.24. The molecule has 0 saturated carbocycles. The number of rotatable bonds is 6. The lowest BCUT2D eigenvalue weighted by Gasteiger charge is -2.29. The molecule has 7 heteroatoms. The molecule has 0 radical (unpaired) electrons. The van der Waals surface area contributed by atoms with Crippen LogP contribution < -0.4 is 5.32 Å². The Morgan fingerprint density at radius 2 is 2.04 bits per heavy atom. The molecule has 1 amide bonds. The van der Waals surface area contributed by atoms with Crippen molar-refractivity contribution in [2.24, 2.45) is 0 Å². The van der Waals surface area contributed by atoms with Crippen LogP contribution >= 0.6 is 0 Å². The fourth-order valence-electron chi connectivity index (χ4n) is 3.13. The topological polar surface area (TPSA) is 74.2 Å². The summed E-state index contributed by atoms with van der Waals surface area (Å²) in [6, 6.07) is 4.30. The fourth-order valence-corrected chi connectivity index (χ4v) is 3.13. The number of carbonyl (C=O) groups excluding carboxylic acids is 1. The van der Waals surface area contributed by atoms with Gasteiger partial charge in [0.2, 0.25) is 5.91 Å². The Morgan fingerprint density at radius 3 is 2.70 bits per heavy atom. The Bertz CT molecular complexity index is 793. The van der Waals surface area contributed by atoms with Gasteiger partial charge in [-0.2, -0.15) is 0 Å². The van der Waals surface area contributed by atoms with Crippen LogP contribution in [0.5, 0.6) is 0 Å². The average molecular weight is 368 g/mol. The van der Waals surface area contributed by atoms with E-state index in [9.17, 15) is 4.79 Å². The highest BCUT2D eigenvalue weighted by atomic mass is 16.2. The van der Waals surface area contributed by atoms with E-state index in [2.05, 4.69) is 36.2 Å². The van der Waals surface area contributed by atoms with E-state index in [-0.39, 0.29) is 5.91 Å². The lowest BCUT2D eigenvalue weighted by atomic mass is 10.0. The van der Waals surface area contributed by atoms with Gasteiger partial charge in [-0.15, -0.1) is 0 Å². The van der Waals surface area contributed by atoms with E-state index >= 15 is 0 Å². The minimum absolute atomic E-state index is 0.0824. The maximum atomic E-state index is 11.8. The molecule has 0 saturated heterocycles. The zero-order valence-corrected chi connectivity index (χ0v) is 16.6. The van der Waals surface area contributed by atoms with Gasteiger partial charge < -0.3 is 15.1 Å². The van der Waals surface area contributed by atoms with Gasteiger partial charge in [0, 0.05) is 49.6 Å². The first kappa shape index (κ1) is 19.2. The first-order valence-corrected chi connectivity index (χ1v) is 9.41. The number of nitrogens with one attached hydrogen (secondary N) is 1. The van der Waals surface area contributed by atoms with Crippen molar-refractivity contribution in [1.29, 1.82) is 0 Å². The Balaban J connectivity index is 1.89. The highest BCUT2D eigenvalue weighted by Crippen LogP contribution is 2.27. The molecule has 144 valence electrons. The predicted molar refractivity (Wildman–Crippen MR) is 106 cm³/mol. The van der Waals surface area contributed by atoms with Crippen molar-refractivity contribution in [2.75, 3.05) is 32.5 Å². The van der Waals surface area contributed by atoms with Crippen LogP contribution in [-0.2, 0) is 17.8 Å². The van der Waals surface area contributed by atoms with Crippen LogP contribution in [0.1, 0.15) is 31.5 Å². The molecule has 0 spiro atoms. The molecule has 1 aliphatic rings. The fraction of sp³-hybridized carbons (Fsp3) is 0.500. The molecule has 0 aromatic carbocycles. The van der Waals surface area contributed by atoms with Gasteiger partial charge >= 0.3 is 0 Å². The van der Waals surface area contributed by atoms with Crippen LogP contribution in [0, 0.1) is 0 Å². The summed E-state index contributed by atoms with van der Waals surface area (Å²) >= 11 is 0. The monoisotopic (exact) mass is 368 g/mol. The van der Waals surface area contributed by atoms with Gasteiger partial charge in [-0.3, -0.25) is 9.78 Å². The smallest absolute Gasteiger partial charge is 0.219 e. The minimum atomic E-state index is 0.0824. The third-order valence-corrected chi connectivity index (χ3v) is 5.19. The number of pyridine rings is 1. The summed E-state index contributed by atoms with van der Waals surface area (Å²) < 4.78 is 0. The zero-order chi connectivity index (χ0) is 19.4. The molecular weight excluding hydrogens is 340 g/mol. The second-order valence-electron chi connectivity index (χ2n) is 7.28. The first-order valence-electron chi connectivity index (χ1n) is 9.41. The van der Waals surface area contributed by atoms with E-state index in [0.717, 1.165) is 42.0 Å². The first-order chi connectivity index (χ1) is 13.0. The van der Waals surface area contributed by atoms with Gasteiger partial charge in [-0.1, -0.05) is 0 Å². The number of hydrogen-bond donors (Lipinski definition) is 1. The zero-order valence-electron chi connectivity index (χ0n) is 16.6. The largest absolute Gasteiger partial charge is 0.370 e. The number of aromatic nitrogens is 3. The second-order valence-corrected chi connectivity index (χ2v) is 7.28. The third kappa shape index (κ3) is 4.60. The van der Waals surface area contributed by atoms with E-state index in [4.69, 9.17) is 9.97 Å². The van der Waals surface area contributed by atoms with Crippen molar-refractivity contribution in [3.8, 4) is 11.4 Å². The molecule has 7 nitrogen and oxygen atoms in total. The van der Waals surface area contributed by atoms with E-state index < -0.39 is 0 Å². The molecule has 1 atom stereocenters. The van der Waals surface area contributed by atoms with Gasteiger partial charge in [0.25, 0.3) is 0 Å². The SMILES string of the molecule is CC(=O)N1CCc2c(nc(-c3ccncc3)nc2NCCC(C)N(C)C)C1. The number of fused-ring (bicyclic) bond motifs is 1. The van der Waals surface area contributed by atoms with Gasteiger partial charge in [0.05, 0.1) is 12.2 Å². The van der Waals surface area contributed by atoms with Gasteiger partial charge in [0.15, 0.2) is 5.82 Å². The summed E-state index contributed by atoms with van der Waals surface area (Å²) in [5.74, 6) is 1.64. The Morgan fingerprint density at radius 1 is 1.30 bits per heavy atom. The molecule has 0 aliphatic carbocycles. The molecule has 2 aromatic heterocycles. The van der Waals surface area contributed by atoms with E-state index in [0.29, 0.717) is 25.0 Å². The lowest BCUT2D eigenvalue weighted by Crippen LogP contribution is -2.35. The van der Waals surface area contributed by atoms with Crippen molar-refractivity contribution in [1.82, 2.24) is 24.8 Å². The average Bonchev–Trinajstić information content (AvgIpc) is 2.67. The molecule has 0 bridgehead atoms. The van der Waals surface area contributed by atoms with Crippen molar-refractivity contribution in [2.45, 2.75) is 39.3 Å². The van der Waals surface area contributed by atoms with Crippen molar-refractivity contribution < 1.29 is 4.79 Å². The van der Waals surface area contributed by atoms with Crippen molar-refractivity contribution in [3.05, 3.63) is 35.8 Å². The molecule has 0 fully saturated rings. The van der Waals surface area contributed by atoms with Gasteiger partial charge in [-0.25, -0.2) is 9.97 Å². The highest BCUT2D eigenvalue weighted by molar-refractivity contribution is 5.74. The molecule has 1 unspecified atom stereocenters. The second kappa shape index (κ2) is 8.43. The number of hydrogen-bond acceptors (Lipinski definition) is 6. The van der Waals surface area contributed by atoms with Crippen molar-refractivity contribution >= 4 is 11.7 Å². The van der Waals surface area contributed by atoms with Crippen LogP contribution in [0.25, 0.3) is 11.4 Å². The molecule has 27 heavy (non-hydrogen) atoms. The number of amides is 1. The summed E-state index contributed by atoms with van der Waals surface area (Å²) in [6.45, 7) is 5.91. The van der Waals surface area contributed by atoms with Crippen LogP contribution in [0.2, 0.25) is 0 Å². The molecule has 1 aliphatic heterocycles. The van der Waals surface area contributed by atoms with Gasteiger partial charge in [0.1, 0.15) is 5.82 Å². The lowest BCUT2D eigenvalue weighted by molar-refractivity contribution is -0.129. The minimum Gasteiger partial charge on any atom is -0.370 e. The summed E-state index contributed by atoms with van der Waals surface area (Å²) in [7, 11) is 4.18. The maximum Gasteiger partial charge on any atom is 0.219 e. The van der Waals surface area contributed by atoms with Crippen LogP contribution in [-0.4, -0.2) is 63.9 Å². The Kier molecular flexibility index (Phi) is 6.01. The summed E-state index contributed by atoms with van der Waals surface area (Å²) in [6.07, 6.45) is 5.28. The van der Waals surface area contributed by atoms with Crippen LogP contribution in [0.4, 0.5) is 5.82 Å². The van der Waals surface area contributed by atoms with E-state index in [1.165, 1.54) is 0 Å². The summed E-state index contributed by atoms with van der Waals surface area (Å²) in [5, 5.41) is 3.52.